The van der Waals surface area contributed by atoms with Crippen LogP contribution in [-0.4, -0.2) is 48.9 Å². The fourth-order valence-electron chi connectivity index (χ4n) is 4.16. The van der Waals surface area contributed by atoms with E-state index in [1.807, 2.05) is 17.0 Å². The second-order valence-corrected chi connectivity index (χ2v) is 7.96. The maximum Gasteiger partial charge on any atom is 0.226 e. The Kier molecular flexibility index (Phi) is 7.49. The zero-order valence-electron chi connectivity index (χ0n) is 17.4. The summed E-state index contributed by atoms with van der Waals surface area (Å²) in [5.41, 5.74) is 7.47. The molecule has 2 heterocycles. The lowest BCUT2D eigenvalue weighted by Crippen LogP contribution is -2.47. The van der Waals surface area contributed by atoms with Crippen molar-refractivity contribution in [3.05, 3.63) is 29.8 Å². The Morgan fingerprint density at radius 1 is 1.21 bits per heavy atom. The van der Waals surface area contributed by atoms with Gasteiger partial charge in [-0.15, -0.1) is 0 Å². The quantitative estimate of drug-likeness (QED) is 0.567. The van der Waals surface area contributed by atoms with Gasteiger partial charge in [0.05, 0.1) is 6.54 Å². The van der Waals surface area contributed by atoms with Gasteiger partial charge in [-0.2, -0.15) is 0 Å². The normalized spacial score (nSPS) is 20.7. The number of carbonyl (C=O) groups is 2. The van der Waals surface area contributed by atoms with E-state index in [4.69, 9.17) is 10.7 Å². The minimum Gasteiger partial charge on any atom is -0.370 e. The average molecular weight is 400 g/mol. The van der Waals surface area contributed by atoms with E-state index in [0.717, 1.165) is 69.1 Å². The summed E-state index contributed by atoms with van der Waals surface area (Å²) >= 11 is 0. The molecule has 1 atom stereocenters. The van der Waals surface area contributed by atoms with Crippen molar-refractivity contribution in [2.24, 2.45) is 16.6 Å². The second kappa shape index (κ2) is 10.3. The van der Waals surface area contributed by atoms with Gasteiger partial charge < -0.3 is 20.9 Å². The molecule has 1 aromatic carbocycles. The molecule has 7 nitrogen and oxygen atoms in total. The van der Waals surface area contributed by atoms with Crippen LogP contribution < -0.4 is 16.0 Å². The van der Waals surface area contributed by atoms with E-state index in [1.54, 1.807) is 0 Å². The van der Waals surface area contributed by atoms with Crippen LogP contribution in [-0.2, 0) is 16.1 Å². The first-order valence-electron chi connectivity index (χ1n) is 10.8. The van der Waals surface area contributed by atoms with Crippen molar-refractivity contribution in [2.45, 2.75) is 52.0 Å². The van der Waals surface area contributed by atoms with Gasteiger partial charge in [0, 0.05) is 44.7 Å². The molecule has 0 radical (unpaired) electrons. The Morgan fingerprint density at radius 2 is 2.00 bits per heavy atom. The van der Waals surface area contributed by atoms with Gasteiger partial charge in [0.25, 0.3) is 0 Å². The molecular weight excluding hydrogens is 366 g/mol. The lowest BCUT2D eigenvalue weighted by molar-refractivity contribution is -0.120. The van der Waals surface area contributed by atoms with Crippen LogP contribution in [0.1, 0.15) is 51.0 Å². The van der Waals surface area contributed by atoms with Gasteiger partial charge in [-0.1, -0.05) is 12.1 Å². The number of hydrogen-bond acceptors (Lipinski definition) is 3. The lowest BCUT2D eigenvalue weighted by Gasteiger charge is -2.34. The van der Waals surface area contributed by atoms with E-state index in [1.165, 1.54) is 0 Å². The molecule has 1 unspecified atom stereocenters. The van der Waals surface area contributed by atoms with Crippen molar-refractivity contribution in [3.8, 4) is 0 Å². The molecule has 0 aliphatic carbocycles. The van der Waals surface area contributed by atoms with Gasteiger partial charge in [-0.25, -0.2) is 4.99 Å². The molecule has 2 aliphatic rings. The molecule has 0 aromatic heterocycles. The standard InChI is InChI=1S/C22H33N5O2/c1-2-24-22(26-12-5-6-18(16-26)14-20(23)28)25-15-17-8-10-19(11-9-17)27-13-4-3-7-21(27)29/h8-11,18H,2-7,12-16H2,1H3,(H2,23,28)(H,24,25). The number of primary amides is 1. The van der Waals surface area contributed by atoms with Crippen LogP contribution in [0.5, 0.6) is 0 Å². The molecule has 2 saturated heterocycles. The number of likely N-dealkylation sites (tertiary alicyclic amines) is 1. The number of aliphatic imine (C=N–C) groups is 1. The van der Waals surface area contributed by atoms with Gasteiger partial charge in [0.2, 0.25) is 11.8 Å². The molecule has 2 aliphatic heterocycles. The molecule has 158 valence electrons. The summed E-state index contributed by atoms with van der Waals surface area (Å²) in [6, 6.07) is 8.14. The minimum atomic E-state index is -0.230. The third kappa shape index (κ3) is 5.95. The number of anilines is 1. The highest BCUT2D eigenvalue weighted by molar-refractivity contribution is 5.93. The van der Waals surface area contributed by atoms with E-state index in [0.29, 0.717) is 25.3 Å². The first kappa shape index (κ1) is 21.1. The molecule has 0 bridgehead atoms. The van der Waals surface area contributed by atoms with E-state index >= 15 is 0 Å². The first-order valence-corrected chi connectivity index (χ1v) is 10.8. The van der Waals surface area contributed by atoms with Crippen molar-refractivity contribution >= 4 is 23.5 Å². The number of nitrogens with one attached hydrogen (secondary N) is 1. The van der Waals surface area contributed by atoms with Gasteiger partial charge in [0.15, 0.2) is 5.96 Å². The molecule has 7 heteroatoms. The summed E-state index contributed by atoms with van der Waals surface area (Å²) in [5, 5.41) is 3.37. The van der Waals surface area contributed by atoms with Crippen LogP contribution in [0.4, 0.5) is 5.69 Å². The largest absolute Gasteiger partial charge is 0.370 e. The number of benzene rings is 1. The molecule has 3 rings (SSSR count). The Morgan fingerprint density at radius 3 is 2.69 bits per heavy atom. The molecule has 2 fully saturated rings. The molecule has 3 N–H and O–H groups in total. The van der Waals surface area contributed by atoms with E-state index in [-0.39, 0.29) is 11.8 Å². The number of guanidine groups is 1. The Labute approximate surface area is 173 Å². The van der Waals surface area contributed by atoms with Crippen molar-refractivity contribution < 1.29 is 9.59 Å². The lowest BCUT2D eigenvalue weighted by atomic mass is 9.95. The third-order valence-electron chi connectivity index (χ3n) is 5.63. The van der Waals surface area contributed by atoms with E-state index in [9.17, 15) is 9.59 Å². The van der Waals surface area contributed by atoms with Crippen LogP contribution in [0, 0.1) is 5.92 Å². The fraction of sp³-hybridized carbons (Fsp3) is 0.591. The average Bonchev–Trinajstić information content (AvgIpc) is 2.72. The predicted molar refractivity (Wildman–Crippen MR) is 116 cm³/mol. The Hall–Kier alpha value is -2.57. The third-order valence-corrected chi connectivity index (χ3v) is 5.63. The molecule has 0 saturated carbocycles. The monoisotopic (exact) mass is 399 g/mol. The number of piperidine rings is 2. The molecule has 0 spiro atoms. The van der Waals surface area contributed by atoms with Crippen molar-refractivity contribution in [1.82, 2.24) is 10.2 Å². The number of rotatable bonds is 6. The highest BCUT2D eigenvalue weighted by Crippen LogP contribution is 2.22. The molecule has 1 aromatic rings. The summed E-state index contributed by atoms with van der Waals surface area (Å²) in [5.74, 6) is 1.17. The maximum absolute atomic E-state index is 12.1. The second-order valence-electron chi connectivity index (χ2n) is 7.96. The van der Waals surface area contributed by atoms with E-state index < -0.39 is 0 Å². The SMILES string of the molecule is CCNC(=NCc1ccc(N2CCCCC2=O)cc1)N1CCCC(CC(N)=O)C1. The van der Waals surface area contributed by atoms with Crippen LogP contribution in [0.15, 0.2) is 29.3 Å². The fourth-order valence-corrected chi connectivity index (χ4v) is 4.16. The highest BCUT2D eigenvalue weighted by atomic mass is 16.2. The minimum absolute atomic E-state index is 0.215. The van der Waals surface area contributed by atoms with Gasteiger partial charge >= 0.3 is 0 Å². The van der Waals surface area contributed by atoms with Gasteiger partial charge in [-0.05, 0) is 56.2 Å². The smallest absolute Gasteiger partial charge is 0.226 e. The van der Waals surface area contributed by atoms with Crippen molar-refractivity contribution in [1.29, 1.82) is 0 Å². The number of carbonyl (C=O) groups excluding carboxylic acids is 2. The zero-order chi connectivity index (χ0) is 20.6. The summed E-state index contributed by atoms with van der Waals surface area (Å²) in [4.78, 5) is 32.3. The number of nitrogens with two attached hydrogens (primary N) is 1. The highest BCUT2D eigenvalue weighted by Gasteiger charge is 2.23. The summed E-state index contributed by atoms with van der Waals surface area (Å²) < 4.78 is 0. The topological polar surface area (TPSA) is 91.0 Å². The summed E-state index contributed by atoms with van der Waals surface area (Å²) in [6.45, 7) is 5.99. The van der Waals surface area contributed by atoms with E-state index in [2.05, 4.69) is 29.3 Å². The van der Waals surface area contributed by atoms with Gasteiger partial charge in [0.1, 0.15) is 0 Å². The molecule has 29 heavy (non-hydrogen) atoms. The first-order chi connectivity index (χ1) is 14.1. The zero-order valence-corrected chi connectivity index (χ0v) is 17.4. The Bertz CT molecular complexity index is 731. The summed E-state index contributed by atoms with van der Waals surface area (Å²) in [6.07, 6.45) is 5.22. The Balaban J connectivity index is 1.63. The number of nitrogens with zero attached hydrogens (tertiary/aromatic N) is 3. The van der Waals surface area contributed by atoms with Crippen LogP contribution in [0.3, 0.4) is 0 Å². The predicted octanol–water partition coefficient (Wildman–Crippen LogP) is 2.26. The van der Waals surface area contributed by atoms with Gasteiger partial charge in [-0.3, -0.25) is 9.59 Å². The van der Waals surface area contributed by atoms with Crippen LogP contribution >= 0.6 is 0 Å². The molecular formula is C22H33N5O2. The van der Waals surface area contributed by atoms with Crippen LogP contribution in [0.2, 0.25) is 0 Å². The molecule has 2 amide bonds. The van der Waals surface area contributed by atoms with Crippen molar-refractivity contribution in [3.63, 3.8) is 0 Å². The summed E-state index contributed by atoms with van der Waals surface area (Å²) in [7, 11) is 0. The number of amides is 2. The van der Waals surface area contributed by atoms with Crippen molar-refractivity contribution in [2.75, 3.05) is 31.1 Å². The number of hydrogen-bond donors (Lipinski definition) is 2. The maximum atomic E-state index is 12.1. The van der Waals surface area contributed by atoms with Crippen LogP contribution in [0.25, 0.3) is 0 Å².